The van der Waals surface area contributed by atoms with Crippen LogP contribution in [0, 0.1) is 5.92 Å². The Labute approximate surface area is 154 Å². The van der Waals surface area contributed by atoms with Crippen molar-refractivity contribution in [3.8, 4) is 0 Å². The molecule has 1 aromatic carbocycles. The molecule has 0 radical (unpaired) electrons. The zero-order valence-corrected chi connectivity index (χ0v) is 15.8. The van der Waals surface area contributed by atoms with E-state index in [9.17, 15) is 9.59 Å². The van der Waals surface area contributed by atoms with E-state index in [4.69, 9.17) is 11.6 Å². The Kier molecular flexibility index (Phi) is 5.38. The van der Waals surface area contributed by atoms with Gasteiger partial charge in [-0.05, 0) is 42.9 Å². The fourth-order valence-corrected chi connectivity index (χ4v) is 4.48. The Bertz CT molecular complexity index is 640. The average Bonchev–Trinajstić information content (AvgIpc) is 2.90. The second kappa shape index (κ2) is 7.36. The molecule has 1 saturated carbocycles. The highest BCUT2D eigenvalue weighted by Gasteiger charge is 2.49. The molecule has 4 nitrogen and oxygen atoms in total. The summed E-state index contributed by atoms with van der Waals surface area (Å²) in [5.74, 6) is 0.548. The number of carbonyl (C=O) groups excluding carboxylic acids is 2. The smallest absolute Gasteiger partial charge is 0.233 e. The van der Waals surface area contributed by atoms with Gasteiger partial charge >= 0.3 is 0 Å². The number of rotatable bonds is 5. The highest BCUT2D eigenvalue weighted by molar-refractivity contribution is 6.30. The first-order valence-electron chi connectivity index (χ1n) is 9.29. The van der Waals surface area contributed by atoms with Crippen molar-refractivity contribution in [2.24, 2.45) is 5.92 Å². The molecule has 0 aromatic heterocycles. The lowest BCUT2D eigenvalue weighted by Crippen LogP contribution is -2.51. The standard InChI is InChI=1S/C20H27ClN2O2/c1-3-5-15-12-23(13-18(15)22-14(2)24)19(25)20(10-4-11-20)16-6-8-17(21)9-7-16/h6-9,15,18H,3-5,10-13H2,1-2H3,(H,22,24)/t15-,18-/m1/s1. The number of likely N-dealkylation sites (tertiary alicyclic amines) is 1. The van der Waals surface area contributed by atoms with E-state index in [1.54, 1.807) is 6.92 Å². The van der Waals surface area contributed by atoms with Crippen LogP contribution < -0.4 is 5.32 Å². The molecule has 0 unspecified atom stereocenters. The summed E-state index contributed by atoms with van der Waals surface area (Å²) in [4.78, 5) is 26.9. The molecule has 2 atom stereocenters. The molecule has 2 aliphatic rings. The van der Waals surface area contributed by atoms with Gasteiger partial charge in [0.25, 0.3) is 0 Å². The van der Waals surface area contributed by atoms with Crippen LogP contribution in [-0.2, 0) is 15.0 Å². The molecule has 0 spiro atoms. The van der Waals surface area contributed by atoms with Crippen molar-refractivity contribution in [3.05, 3.63) is 34.9 Å². The van der Waals surface area contributed by atoms with Crippen LogP contribution in [-0.4, -0.2) is 35.8 Å². The number of amides is 2. The van der Waals surface area contributed by atoms with Crippen molar-refractivity contribution in [1.29, 1.82) is 0 Å². The highest BCUT2D eigenvalue weighted by atomic mass is 35.5. The van der Waals surface area contributed by atoms with Gasteiger partial charge in [-0.2, -0.15) is 0 Å². The van der Waals surface area contributed by atoms with Crippen LogP contribution in [0.15, 0.2) is 24.3 Å². The third-order valence-electron chi connectivity index (χ3n) is 5.79. The van der Waals surface area contributed by atoms with Crippen LogP contribution in [0.25, 0.3) is 0 Å². The number of carbonyl (C=O) groups is 2. The maximum Gasteiger partial charge on any atom is 0.233 e. The highest BCUT2D eigenvalue weighted by Crippen LogP contribution is 2.46. The zero-order chi connectivity index (χ0) is 18.0. The quantitative estimate of drug-likeness (QED) is 0.871. The van der Waals surface area contributed by atoms with E-state index in [0.29, 0.717) is 17.5 Å². The first kappa shape index (κ1) is 18.2. The van der Waals surface area contributed by atoms with Crippen molar-refractivity contribution >= 4 is 23.4 Å². The lowest BCUT2D eigenvalue weighted by molar-refractivity contribution is -0.140. The van der Waals surface area contributed by atoms with E-state index >= 15 is 0 Å². The van der Waals surface area contributed by atoms with Crippen LogP contribution >= 0.6 is 11.6 Å². The van der Waals surface area contributed by atoms with Gasteiger partial charge in [-0.25, -0.2) is 0 Å². The topological polar surface area (TPSA) is 49.4 Å². The molecule has 1 aliphatic heterocycles. The number of nitrogens with zero attached hydrogens (tertiary/aromatic N) is 1. The lowest BCUT2D eigenvalue weighted by Gasteiger charge is -2.43. The molecule has 2 fully saturated rings. The SMILES string of the molecule is CCC[C@@H]1CN(C(=O)C2(c3ccc(Cl)cc3)CCC2)C[C@H]1NC(C)=O. The minimum atomic E-state index is -0.396. The Hall–Kier alpha value is -1.55. The third-order valence-corrected chi connectivity index (χ3v) is 6.04. The van der Waals surface area contributed by atoms with Gasteiger partial charge in [0.2, 0.25) is 11.8 Å². The van der Waals surface area contributed by atoms with Crippen molar-refractivity contribution in [3.63, 3.8) is 0 Å². The second-order valence-corrected chi connectivity index (χ2v) is 7.94. The molecule has 1 aliphatic carbocycles. The van der Waals surface area contributed by atoms with Crippen LogP contribution in [0.4, 0.5) is 0 Å². The van der Waals surface area contributed by atoms with Gasteiger partial charge in [0.15, 0.2) is 0 Å². The van der Waals surface area contributed by atoms with E-state index < -0.39 is 5.41 Å². The number of hydrogen-bond acceptors (Lipinski definition) is 2. The van der Waals surface area contributed by atoms with Crippen LogP contribution in [0.3, 0.4) is 0 Å². The molecule has 3 rings (SSSR count). The molecule has 1 saturated heterocycles. The van der Waals surface area contributed by atoms with Crippen molar-refractivity contribution in [1.82, 2.24) is 10.2 Å². The van der Waals surface area contributed by atoms with Gasteiger partial charge in [0, 0.05) is 25.0 Å². The summed E-state index contributed by atoms with van der Waals surface area (Å²) in [7, 11) is 0. The average molecular weight is 363 g/mol. The summed E-state index contributed by atoms with van der Waals surface area (Å²) >= 11 is 6.02. The monoisotopic (exact) mass is 362 g/mol. The fraction of sp³-hybridized carbons (Fsp3) is 0.600. The van der Waals surface area contributed by atoms with Gasteiger partial charge < -0.3 is 10.2 Å². The summed E-state index contributed by atoms with van der Waals surface area (Å²) in [6.07, 6.45) is 4.96. The predicted molar refractivity (Wildman–Crippen MR) is 99.6 cm³/mol. The molecular formula is C20H27ClN2O2. The predicted octanol–water partition coefficient (Wildman–Crippen LogP) is 3.52. The van der Waals surface area contributed by atoms with E-state index in [0.717, 1.165) is 44.2 Å². The first-order chi connectivity index (χ1) is 12.0. The van der Waals surface area contributed by atoms with Crippen molar-refractivity contribution < 1.29 is 9.59 Å². The van der Waals surface area contributed by atoms with E-state index in [1.807, 2.05) is 29.2 Å². The van der Waals surface area contributed by atoms with Crippen LogP contribution in [0.2, 0.25) is 5.02 Å². The zero-order valence-electron chi connectivity index (χ0n) is 15.1. The van der Waals surface area contributed by atoms with Crippen LogP contribution in [0.5, 0.6) is 0 Å². The van der Waals surface area contributed by atoms with Gasteiger partial charge in [-0.15, -0.1) is 0 Å². The van der Waals surface area contributed by atoms with Gasteiger partial charge in [0.05, 0.1) is 11.5 Å². The Morgan fingerprint density at radius 1 is 1.24 bits per heavy atom. The maximum absolute atomic E-state index is 13.4. The largest absolute Gasteiger partial charge is 0.351 e. The summed E-state index contributed by atoms with van der Waals surface area (Å²) in [5.41, 5.74) is 0.676. The summed E-state index contributed by atoms with van der Waals surface area (Å²) < 4.78 is 0. The Balaban J connectivity index is 1.79. The number of benzene rings is 1. The molecule has 25 heavy (non-hydrogen) atoms. The molecule has 136 valence electrons. The molecule has 5 heteroatoms. The van der Waals surface area contributed by atoms with Crippen LogP contribution in [0.1, 0.15) is 51.5 Å². The number of hydrogen-bond donors (Lipinski definition) is 1. The van der Waals surface area contributed by atoms with Crippen molar-refractivity contribution in [2.75, 3.05) is 13.1 Å². The fourth-order valence-electron chi connectivity index (χ4n) is 4.35. The number of nitrogens with one attached hydrogen (secondary N) is 1. The van der Waals surface area contributed by atoms with Gasteiger partial charge in [-0.3, -0.25) is 9.59 Å². The van der Waals surface area contributed by atoms with Gasteiger partial charge in [-0.1, -0.05) is 43.5 Å². The minimum absolute atomic E-state index is 0.0172. The molecule has 1 aromatic rings. The molecule has 0 bridgehead atoms. The second-order valence-electron chi connectivity index (χ2n) is 7.51. The summed E-state index contributed by atoms with van der Waals surface area (Å²) in [5, 5.41) is 3.74. The van der Waals surface area contributed by atoms with E-state index in [1.165, 1.54) is 0 Å². The normalized spacial score (nSPS) is 24.7. The molecule has 1 heterocycles. The first-order valence-corrected chi connectivity index (χ1v) is 9.66. The van der Waals surface area contributed by atoms with E-state index in [2.05, 4.69) is 12.2 Å². The van der Waals surface area contributed by atoms with Crippen molar-refractivity contribution in [2.45, 2.75) is 57.4 Å². The number of halogens is 1. The summed E-state index contributed by atoms with van der Waals surface area (Å²) in [6.45, 7) is 5.07. The molecule has 2 amide bonds. The van der Waals surface area contributed by atoms with E-state index in [-0.39, 0.29) is 17.9 Å². The van der Waals surface area contributed by atoms with Gasteiger partial charge in [0.1, 0.15) is 0 Å². The lowest BCUT2D eigenvalue weighted by atomic mass is 9.63. The maximum atomic E-state index is 13.4. The minimum Gasteiger partial charge on any atom is -0.351 e. The Morgan fingerprint density at radius 3 is 2.44 bits per heavy atom. The third kappa shape index (κ3) is 3.55. The molecular weight excluding hydrogens is 336 g/mol. The molecule has 1 N–H and O–H groups in total. The Morgan fingerprint density at radius 2 is 1.92 bits per heavy atom. The summed E-state index contributed by atoms with van der Waals surface area (Å²) in [6, 6.07) is 7.79.